The molecule has 0 radical (unpaired) electrons. The van der Waals surface area contributed by atoms with E-state index >= 15 is 0 Å². The third kappa shape index (κ3) is 3.97. The van der Waals surface area contributed by atoms with Crippen molar-refractivity contribution in [1.82, 2.24) is 5.32 Å². The van der Waals surface area contributed by atoms with Crippen LogP contribution < -0.4 is 11.1 Å². The van der Waals surface area contributed by atoms with Crippen molar-refractivity contribution in [2.75, 3.05) is 0 Å². The molecule has 18 heavy (non-hydrogen) atoms. The van der Waals surface area contributed by atoms with E-state index in [0.717, 1.165) is 0 Å². The number of carbonyl (C=O) groups excluding carboxylic acids is 1. The molecule has 0 aliphatic rings. The van der Waals surface area contributed by atoms with Crippen molar-refractivity contribution in [2.24, 2.45) is 10.9 Å². The van der Waals surface area contributed by atoms with Gasteiger partial charge in [0, 0.05) is 8.22 Å². The molecule has 0 spiro atoms. The van der Waals surface area contributed by atoms with Crippen molar-refractivity contribution in [1.29, 1.82) is 0 Å². The van der Waals surface area contributed by atoms with Crippen molar-refractivity contribution in [3.63, 3.8) is 0 Å². The molecule has 6 nitrogen and oxygen atoms in total. The van der Waals surface area contributed by atoms with Gasteiger partial charge in [0.1, 0.15) is 6.61 Å². The minimum Gasteiger partial charge on any atom is -0.445 e. The number of nitrogens with one attached hydrogen (secondary N) is 1. The van der Waals surface area contributed by atoms with Gasteiger partial charge in [-0.15, -0.1) is 0 Å². The summed E-state index contributed by atoms with van der Waals surface area (Å²) in [6.45, 7) is -6.89. The maximum Gasteiger partial charge on any atom is 0.408 e. The largest absolute Gasteiger partial charge is 0.445 e. The summed E-state index contributed by atoms with van der Waals surface area (Å²) in [5.74, 6) is -1.18. The number of amidine groups is 1. The van der Waals surface area contributed by atoms with Gasteiger partial charge in [0.05, 0.1) is 5.54 Å². The van der Waals surface area contributed by atoms with Crippen LogP contribution in [0.15, 0.2) is 35.5 Å². The molecule has 98 valence electrons. The SMILES string of the molecule is [2H]C([2H])([2H])C(NC(=O)OCc1ccccc1)(/C(N)=N/O)C([2H])([2H])[2H]. The normalized spacial score (nSPS) is 18.3. The molecule has 0 unspecified atom stereocenters. The zero-order valence-corrected chi connectivity index (χ0v) is 9.38. The first-order valence-corrected chi connectivity index (χ1v) is 4.92. The number of oxime groups is 1. The molecular weight excluding hydrogens is 234 g/mol. The first-order chi connectivity index (χ1) is 11.0. The van der Waals surface area contributed by atoms with Crippen LogP contribution in [-0.4, -0.2) is 22.7 Å². The molecule has 0 atom stereocenters. The number of nitrogens with zero attached hydrogens (tertiary/aromatic N) is 1. The van der Waals surface area contributed by atoms with Gasteiger partial charge in [0.25, 0.3) is 0 Å². The predicted octanol–water partition coefficient (Wildman–Crippen LogP) is 1.44. The van der Waals surface area contributed by atoms with Gasteiger partial charge in [0.15, 0.2) is 5.84 Å². The summed E-state index contributed by atoms with van der Waals surface area (Å²) in [4.78, 5) is 11.9. The molecule has 0 saturated carbocycles. The van der Waals surface area contributed by atoms with Gasteiger partial charge in [-0.2, -0.15) is 0 Å². The van der Waals surface area contributed by atoms with E-state index in [2.05, 4.69) is 5.16 Å². The van der Waals surface area contributed by atoms with Crippen LogP contribution in [0.4, 0.5) is 4.79 Å². The highest BCUT2D eigenvalue weighted by Gasteiger charge is 2.26. The first-order valence-electron chi connectivity index (χ1n) is 7.92. The minimum absolute atomic E-state index is 0.221. The van der Waals surface area contributed by atoms with Crippen LogP contribution in [0.1, 0.15) is 27.5 Å². The maximum absolute atomic E-state index is 11.9. The fourth-order valence-corrected chi connectivity index (χ4v) is 1.05. The van der Waals surface area contributed by atoms with Crippen LogP contribution >= 0.6 is 0 Å². The van der Waals surface area contributed by atoms with Crippen LogP contribution in [0.5, 0.6) is 0 Å². The quantitative estimate of drug-likeness (QED) is 0.329. The van der Waals surface area contributed by atoms with E-state index in [4.69, 9.17) is 23.9 Å². The number of hydrogen-bond donors (Lipinski definition) is 3. The van der Waals surface area contributed by atoms with Gasteiger partial charge in [-0.3, -0.25) is 0 Å². The Kier molecular flexibility index (Phi) is 2.38. The average Bonchev–Trinajstić information content (AvgIpc) is 2.48. The molecule has 4 N–H and O–H groups in total. The van der Waals surface area contributed by atoms with Gasteiger partial charge in [-0.05, 0) is 19.3 Å². The van der Waals surface area contributed by atoms with E-state index in [0.29, 0.717) is 5.56 Å². The Bertz CT molecular complexity index is 586. The second-order valence-corrected chi connectivity index (χ2v) is 3.42. The molecule has 6 heteroatoms. The second-order valence-electron chi connectivity index (χ2n) is 3.42. The molecule has 0 bridgehead atoms. The van der Waals surface area contributed by atoms with Crippen LogP contribution in [0.2, 0.25) is 0 Å². The minimum atomic E-state index is -3.33. The zero-order chi connectivity index (χ0) is 18.6. The number of hydrogen-bond acceptors (Lipinski definition) is 4. The average molecular weight is 257 g/mol. The zero-order valence-electron chi connectivity index (χ0n) is 15.4. The monoisotopic (exact) mass is 257 g/mol. The lowest BCUT2D eigenvalue weighted by Gasteiger charge is -2.23. The van der Waals surface area contributed by atoms with E-state index in [-0.39, 0.29) is 6.61 Å². The van der Waals surface area contributed by atoms with Crippen LogP contribution in [0, 0.1) is 0 Å². The van der Waals surface area contributed by atoms with E-state index in [1.807, 2.05) is 0 Å². The number of rotatable bonds is 4. The predicted molar refractivity (Wildman–Crippen MR) is 67.3 cm³/mol. The Morgan fingerprint density at radius 1 is 1.56 bits per heavy atom. The Balaban J connectivity index is 3.07. The van der Waals surface area contributed by atoms with E-state index in [1.165, 1.54) is 0 Å². The second kappa shape index (κ2) is 5.90. The summed E-state index contributed by atoms with van der Waals surface area (Å²) in [6, 6.07) is 8.44. The molecule has 1 amide bonds. The van der Waals surface area contributed by atoms with Gasteiger partial charge in [-0.1, -0.05) is 35.5 Å². The van der Waals surface area contributed by atoms with E-state index in [9.17, 15) is 4.79 Å². The van der Waals surface area contributed by atoms with Crippen molar-refractivity contribution >= 4 is 11.9 Å². The Hall–Kier alpha value is -2.24. The Labute approximate surface area is 114 Å². The van der Waals surface area contributed by atoms with E-state index in [1.54, 1.807) is 35.6 Å². The molecule has 1 aromatic rings. The lowest BCUT2D eigenvalue weighted by atomic mass is 10.1. The number of alkyl carbamates (subject to hydrolysis) is 1. The highest BCUT2D eigenvalue weighted by molar-refractivity contribution is 5.91. The topological polar surface area (TPSA) is 96.9 Å². The summed E-state index contributed by atoms with van der Waals surface area (Å²) in [5.41, 5.74) is 2.80. The first kappa shape index (κ1) is 7.25. The summed E-state index contributed by atoms with van der Waals surface area (Å²) in [5, 5.41) is 13.0. The summed E-state index contributed by atoms with van der Waals surface area (Å²) in [6.07, 6.45) is -1.34. The molecular formula is C12H17N3O3. The molecule has 0 aliphatic carbocycles. The van der Waals surface area contributed by atoms with Gasteiger partial charge in [-0.25, -0.2) is 4.79 Å². The molecule has 0 fully saturated rings. The molecule has 1 rings (SSSR count). The maximum atomic E-state index is 11.9. The van der Waals surface area contributed by atoms with Crippen molar-refractivity contribution in [3.8, 4) is 0 Å². The summed E-state index contributed by atoms with van der Waals surface area (Å²) >= 11 is 0. The van der Waals surface area contributed by atoms with Crippen molar-refractivity contribution < 1.29 is 23.0 Å². The fraction of sp³-hybridized carbons (Fsp3) is 0.333. The highest BCUT2D eigenvalue weighted by atomic mass is 16.5. The molecule has 1 aromatic carbocycles. The van der Waals surface area contributed by atoms with Gasteiger partial charge in [0.2, 0.25) is 0 Å². The lowest BCUT2D eigenvalue weighted by molar-refractivity contribution is 0.134. The number of carbonyl (C=O) groups is 1. The van der Waals surface area contributed by atoms with Gasteiger partial charge < -0.3 is 21.0 Å². The molecule has 0 saturated heterocycles. The lowest BCUT2D eigenvalue weighted by Crippen LogP contribution is -2.53. The van der Waals surface area contributed by atoms with Crippen LogP contribution in [0.25, 0.3) is 0 Å². The smallest absolute Gasteiger partial charge is 0.408 e. The number of benzene rings is 1. The molecule has 0 aromatic heterocycles. The Morgan fingerprint density at radius 3 is 2.78 bits per heavy atom. The molecule has 0 heterocycles. The van der Waals surface area contributed by atoms with E-state index < -0.39 is 31.2 Å². The number of amides is 1. The third-order valence-corrected chi connectivity index (χ3v) is 1.99. The standard InChI is InChI=1S/C12H17N3O3/c1-12(2,10(13)15-17)14-11(16)18-8-9-6-4-3-5-7-9/h3-7,17H,8H2,1-2H3,(H2,13,15)(H,14,16)/i1D3,2D3. The summed E-state index contributed by atoms with van der Waals surface area (Å²) in [7, 11) is 0. The van der Waals surface area contributed by atoms with Crippen molar-refractivity contribution in [3.05, 3.63) is 35.9 Å². The number of nitrogens with two attached hydrogens (primary N) is 1. The van der Waals surface area contributed by atoms with Crippen molar-refractivity contribution in [2.45, 2.75) is 25.8 Å². The third-order valence-electron chi connectivity index (χ3n) is 1.99. The fourth-order valence-electron chi connectivity index (χ4n) is 1.05. The van der Waals surface area contributed by atoms with Crippen LogP contribution in [0.3, 0.4) is 0 Å². The van der Waals surface area contributed by atoms with Crippen LogP contribution in [-0.2, 0) is 11.3 Å². The number of ether oxygens (including phenoxy) is 1. The molecule has 0 aliphatic heterocycles. The van der Waals surface area contributed by atoms with Gasteiger partial charge >= 0.3 is 6.09 Å². The summed E-state index contributed by atoms with van der Waals surface area (Å²) < 4.78 is 49.5. The Morgan fingerprint density at radius 2 is 2.22 bits per heavy atom. The highest BCUT2D eigenvalue weighted by Crippen LogP contribution is 2.04.